The number of hydrogen-bond acceptors (Lipinski definition) is 4. The largest absolute Gasteiger partial charge is 0.473 e. The Labute approximate surface area is 66.6 Å². The minimum Gasteiger partial charge on any atom is -0.473 e. The second-order valence-corrected chi connectivity index (χ2v) is 3.02. The van der Waals surface area contributed by atoms with Gasteiger partial charge in [-0.3, -0.25) is 4.79 Å². The zero-order valence-corrected chi connectivity index (χ0v) is 6.70. The van der Waals surface area contributed by atoms with Gasteiger partial charge >= 0.3 is 0 Å². The van der Waals surface area contributed by atoms with Crippen molar-refractivity contribution in [2.75, 3.05) is 7.11 Å². The maximum absolute atomic E-state index is 10.2. The quantitative estimate of drug-likeness (QED) is 0.645. The molecule has 1 aromatic rings. The van der Waals surface area contributed by atoms with Crippen LogP contribution in [0.4, 0.5) is 0 Å². The van der Waals surface area contributed by atoms with Crippen molar-refractivity contribution in [2.45, 2.75) is 0 Å². The summed E-state index contributed by atoms with van der Waals surface area (Å²) >= 11 is 6.71. The number of hydrogen-bond donors (Lipinski definition) is 0. The smallest absolute Gasteiger partial charge is 0.275 e. The number of methoxy groups -OCH3 is 1. The number of carbonyl (C=O) groups excluding carboxylic acids is 1. The number of rotatable bonds is 2. The molecule has 0 amide bonds. The van der Waals surface area contributed by atoms with Gasteiger partial charge in [0, 0.05) is 0 Å². The summed E-state index contributed by atoms with van der Waals surface area (Å²) in [7, 11) is 1.48. The number of aldehydes is 1. The molecule has 10 heavy (non-hydrogen) atoms. The summed E-state index contributed by atoms with van der Waals surface area (Å²) in [4.78, 5) is 13.9. The van der Waals surface area contributed by atoms with Gasteiger partial charge in [-0.15, -0.1) is 0 Å². The highest BCUT2D eigenvalue weighted by Crippen LogP contribution is 2.27. The number of thiazole rings is 1. The molecule has 1 rings (SSSR count). The molecule has 0 saturated carbocycles. The average molecular weight is 178 g/mol. The molecule has 0 atom stereocenters. The molecular weight excluding hydrogens is 174 g/mol. The molecule has 0 aliphatic rings. The topological polar surface area (TPSA) is 39.2 Å². The van der Waals surface area contributed by atoms with Crippen LogP contribution in [0.2, 0.25) is 4.34 Å². The van der Waals surface area contributed by atoms with E-state index in [4.69, 9.17) is 16.3 Å². The van der Waals surface area contributed by atoms with Crippen molar-refractivity contribution in [1.29, 1.82) is 0 Å². The first kappa shape index (κ1) is 7.50. The first-order valence-electron chi connectivity index (χ1n) is 2.43. The number of ether oxygens (including phenoxy) is 1. The van der Waals surface area contributed by atoms with Crippen molar-refractivity contribution in [1.82, 2.24) is 4.98 Å². The molecular formula is C5H4ClNO2S. The van der Waals surface area contributed by atoms with Crippen LogP contribution in [0.25, 0.3) is 0 Å². The van der Waals surface area contributed by atoms with Crippen LogP contribution in [-0.4, -0.2) is 18.4 Å². The highest BCUT2D eigenvalue weighted by atomic mass is 35.5. The Balaban J connectivity index is 3.03. The van der Waals surface area contributed by atoms with Gasteiger partial charge in [-0.2, -0.15) is 4.98 Å². The number of aromatic nitrogens is 1. The van der Waals surface area contributed by atoms with Crippen LogP contribution in [0.1, 0.15) is 10.5 Å². The lowest BCUT2D eigenvalue weighted by Gasteiger charge is -1.85. The van der Waals surface area contributed by atoms with E-state index in [0.717, 1.165) is 11.3 Å². The fraction of sp³-hybridized carbons (Fsp3) is 0.200. The van der Waals surface area contributed by atoms with Crippen molar-refractivity contribution in [3.05, 3.63) is 10.0 Å². The molecule has 0 aliphatic heterocycles. The van der Waals surface area contributed by atoms with E-state index in [0.29, 0.717) is 15.8 Å². The molecule has 3 nitrogen and oxygen atoms in total. The third-order valence-corrected chi connectivity index (χ3v) is 2.12. The molecule has 0 fully saturated rings. The van der Waals surface area contributed by atoms with E-state index in [1.54, 1.807) is 0 Å². The van der Waals surface area contributed by atoms with Crippen LogP contribution in [0, 0.1) is 0 Å². The van der Waals surface area contributed by atoms with E-state index in [1.165, 1.54) is 7.11 Å². The summed E-state index contributed by atoms with van der Waals surface area (Å²) in [5.41, 5.74) is 0.239. The van der Waals surface area contributed by atoms with Gasteiger partial charge < -0.3 is 4.74 Å². The molecule has 5 heteroatoms. The lowest BCUT2D eigenvalue weighted by atomic mass is 10.6. The van der Waals surface area contributed by atoms with Crippen LogP contribution >= 0.6 is 22.9 Å². The predicted molar refractivity (Wildman–Crippen MR) is 39.1 cm³/mol. The van der Waals surface area contributed by atoms with Crippen LogP contribution < -0.4 is 4.74 Å². The molecule has 1 heterocycles. The standard InChI is InChI=1S/C5H4ClNO2S/c1-9-5-7-3(2-8)4(6)10-5/h2H,1H3. The van der Waals surface area contributed by atoms with E-state index >= 15 is 0 Å². The zero-order valence-electron chi connectivity index (χ0n) is 5.13. The van der Waals surface area contributed by atoms with Gasteiger partial charge in [-0.1, -0.05) is 22.9 Å². The SMILES string of the molecule is COc1nc(C=O)c(Cl)s1. The van der Waals surface area contributed by atoms with Gasteiger partial charge in [0.25, 0.3) is 5.19 Å². The molecule has 0 spiro atoms. The van der Waals surface area contributed by atoms with Gasteiger partial charge in [-0.05, 0) is 0 Å². The molecule has 0 aromatic carbocycles. The summed E-state index contributed by atoms with van der Waals surface area (Å²) < 4.78 is 5.11. The Hall–Kier alpha value is -0.610. The summed E-state index contributed by atoms with van der Waals surface area (Å²) in [5.74, 6) is 0. The molecule has 0 N–H and O–H groups in total. The second-order valence-electron chi connectivity index (χ2n) is 1.46. The lowest BCUT2D eigenvalue weighted by molar-refractivity contribution is 0.111. The minimum atomic E-state index is 0.239. The summed E-state index contributed by atoms with van der Waals surface area (Å²) in [6.07, 6.45) is 0.599. The van der Waals surface area contributed by atoms with Crippen molar-refractivity contribution in [3.63, 3.8) is 0 Å². The van der Waals surface area contributed by atoms with Gasteiger partial charge in [0.1, 0.15) is 10.0 Å². The van der Waals surface area contributed by atoms with E-state index in [9.17, 15) is 4.79 Å². The third-order valence-electron chi connectivity index (χ3n) is 0.876. The monoisotopic (exact) mass is 177 g/mol. The average Bonchev–Trinajstić information content (AvgIpc) is 2.30. The molecule has 0 saturated heterocycles. The molecule has 0 aliphatic carbocycles. The maximum atomic E-state index is 10.2. The van der Waals surface area contributed by atoms with Crippen LogP contribution in [-0.2, 0) is 0 Å². The number of carbonyl (C=O) groups is 1. The first-order valence-corrected chi connectivity index (χ1v) is 3.63. The Kier molecular flexibility index (Phi) is 2.24. The third kappa shape index (κ3) is 1.27. The fourth-order valence-corrected chi connectivity index (χ4v) is 1.32. The molecule has 54 valence electrons. The Morgan fingerprint density at radius 1 is 1.80 bits per heavy atom. The van der Waals surface area contributed by atoms with Gasteiger partial charge in [-0.25, -0.2) is 0 Å². The maximum Gasteiger partial charge on any atom is 0.275 e. The lowest BCUT2D eigenvalue weighted by Crippen LogP contribution is -1.82. The van der Waals surface area contributed by atoms with Gasteiger partial charge in [0.2, 0.25) is 0 Å². The van der Waals surface area contributed by atoms with Gasteiger partial charge in [0.15, 0.2) is 6.29 Å². The molecule has 0 radical (unpaired) electrons. The zero-order chi connectivity index (χ0) is 7.56. The van der Waals surface area contributed by atoms with Crippen molar-refractivity contribution in [3.8, 4) is 5.19 Å². The Bertz CT molecular complexity index is 248. The highest BCUT2D eigenvalue weighted by Gasteiger charge is 2.06. The predicted octanol–water partition coefficient (Wildman–Crippen LogP) is 1.62. The van der Waals surface area contributed by atoms with E-state index in [1.807, 2.05) is 0 Å². The number of nitrogens with zero attached hydrogens (tertiary/aromatic N) is 1. The van der Waals surface area contributed by atoms with Gasteiger partial charge in [0.05, 0.1) is 7.11 Å². The van der Waals surface area contributed by atoms with Crippen molar-refractivity contribution in [2.24, 2.45) is 0 Å². The van der Waals surface area contributed by atoms with Crippen LogP contribution in [0.3, 0.4) is 0 Å². The number of halogens is 1. The van der Waals surface area contributed by atoms with Crippen molar-refractivity contribution < 1.29 is 9.53 Å². The summed E-state index contributed by atoms with van der Waals surface area (Å²) in [6, 6.07) is 0. The van der Waals surface area contributed by atoms with Crippen LogP contribution in [0.5, 0.6) is 5.19 Å². The highest BCUT2D eigenvalue weighted by molar-refractivity contribution is 7.17. The van der Waals surface area contributed by atoms with E-state index < -0.39 is 0 Å². The first-order chi connectivity index (χ1) is 4.77. The fourth-order valence-electron chi connectivity index (χ4n) is 0.454. The van der Waals surface area contributed by atoms with Crippen molar-refractivity contribution >= 4 is 29.2 Å². The summed E-state index contributed by atoms with van der Waals surface area (Å²) in [5, 5.41) is 0.409. The molecule has 0 bridgehead atoms. The normalized spacial score (nSPS) is 9.40. The minimum absolute atomic E-state index is 0.239. The molecule has 0 unspecified atom stereocenters. The second kappa shape index (κ2) is 2.98. The molecule has 1 aromatic heterocycles. The Morgan fingerprint density at radius 3 is 2.80 bits per heavy atom. The summed E-state index contributed by atoms with van der Waals surface area (Å²) in [6.45, 7) is 0. The van der Waals surface area contributed by atoms with Crippen LogP contribution in [0.15, 0.2) is 0 Å². The van der Waals surface area contributed by atoms with E-state index in [-0.39, 0.29) is 5.69 Å². The Morgan fingerprint density at radius 2 is 2.50 bits per heavy atom. The van der Waals surface area contributed by atoms with E-state index in [2.05, 4.69) is 4.98 Å².